The topological polar surface area (TPSA) is 38.3 Å². The molecule has 0 spiro atoms. The van der Waals surface area contributed by atoms with E-state index in [4.69, 9.17) is 16.3 Å². The molecule has 19 heavy (non-hydrogen) atoms. The van der Waals surface area contributed by atoms with Gasteiger partial charge < -0.3 is 10.1 Å². The van der Waals surface area contributed by atoms with Crippen molar-refractivity contribution in [2.45, 2.75) is 37.6 Å². The molecule has 1 amide bonds. The summed E-state index contributed by atoms with van der Waals surface area (Å²) in [6, 6.07) is 7.65. The number of carbonyl (C=O) groups excluding carboxylic acids is 1. The maximum Gasteiger partial charge on any atom is 0.230 e. The Labute approximate surface area is 119 Å². The number of rotatable bonds is 5. The van der Waals surface area contributed by atoms with E-state index in [9.17, 15) is 4.79 Å². The molecule has 1 fully saturated rings. The highest BCUT2D eigenvalue weighted by Crippen LogP contribution is 2.44. The molecule has 0 saturated heterocycles. The molecule has 1 N–H and O–H groups in total. The lowest BCUT2D eigenvalue weighted by molar-refractivity contribution is -0.130. The third kappa shape index (κ3) is 2.93. The average molecular weight is 282 g/mol. The van der Waals surface area contributed by atoms with Gasteiger partial charge in [-0.25, -0.2) is 0 Å². The highest BCUT2D eigenvalue weighted by Gasteiger charge is 2.45. The fourth-order valence-corrected chi connectivity index (χ4v) is 2.73. The Hall–Kier alpha value is -1.06. The summed E-state index contributed by atoms with van der Waals surface area (Å²) in [5.74, 6) is 0.102. The number of hydrogen-bond donors (Lipinski definition) is 1. The molecule has 3 nitrogen and oxygen atoms in total. The predicted molar refractivity (Wildman–Crippen MR) is 76.5 cm³/mol. The number of ether oxygens (including phenoxy) is 1. The lowest BCUT2D eigenvalue weighted by Crippen LogP contribution is -2.52. The van der Waals surface area contributed by atoms with Crippen molar-refractivity contribution in [3.63, 3.8) is 0 Å². The quantitative estimate of drug-likeness (QED) is 0.901. The van der Waals surface area contributed by atoms with E-state index in [0.717, 1.165) is 24.8 Å². The van der Waals surface area contributed by atoms with Gasteiger partial charge in [-0.15, -0.1) is 0 Å². The summed E-state index contributed by atoms with van der Waals surface area (Å²) in [6.45, 7) is 2.48. The normalized spacial score (nSPS) is 18.5. The van der Waals surface area contributed by atoms with Crippen molar-refractivity contribution >= 4 is 17.5 Å². The SMILES string of the molecule is COCC(C)NC(=O)C1(c2ccc(Cl)cc2)CCC1. The van der Waals surface area contributed by atoms with Crippen molar-refractivity contribution in [1.82, 2.24) is 5.32 Å². The lowest BCUT2D eigenvalue weighted by Gasteiger charge is -2.41. The zero-order valence-corrected chi connectivity index (χ0v) is 12.2. The molecule has 1 aromatic carbocycles. The second-order valence-electron chi connectivity index (χ2n) is 5.27. The van der Waals surface area contributed by atoms with Crippen LogP contribution in [0.5, 0.6) is 0 Å². The summed E-state index contributed by atoms with van der Waals surface area (Å²) >= 11 is 5.91. The van der Waals surface area contributed by atoms with Gasteiger partial charge in [0.15, 0.2) is 0 Å². The van der Waals surface area contributed by atoms with Crippen molar-refractivity contribution in [2.75, 3.05) is 13.7 Å². The summed E-state index contributed by atoms with van der Waals surface area (Å²) in [5, 5.41) is 3.74. The van der Waals surface area contributed by atoms with Crippen LogP contribution < -0.4 is 5.32 Å². The molecular weight excluding hydrogens is 262 g/mol. The number of amides is 1. The third-order valence-electron chi connectivity index (χ3n) is 3.83. The molecule has 0 heterocycles. The van der Waals surface area contributed by atoms with E-state index in [1.54, 1.807) is 7.11 Å². The molecule has 1 saturated carbocycles. The molecule has 1 aromatic rings. The fraction of sp³-hybridized carbons (Fsp3) is 0.533. The second kappa shape index (κ2) is 5.93. The maximum absolute atomic E-state index is 12.5. The highest BCUT2D eigenvalue weighted by atomic mass is 35.5. The van der Waals surface area contributed by atoms with Crippen LogP contribution in [-0.4, -0.2) is 25.7 Å². The van der Waals surface area contributed by atoms with Gasteiger partial charge >= 0.3 is 0 Å². The Bertz CT molecular complexity index is 440. The van der Waals surface area contributed by atoms with Crippen molar-refractivity contribution in [1.29, 1.82) is 0 Å². The summed E-state index contributed by atoms with van der Waals surface area (Å²) in [7, 11) is 1.64. The first-order chi connectivity index (χ1) is 9.08. The lowest BCUT2D eigenvalue weighted by atomic mass is 9.63. The third-order valence-corrected chi connectivity index (χ3v) is 4.08. The fourth-order valence-electron chi connectivity index (χ4n) is 2.60. The number of halogens is 1. The van der Waals surface area contributed by atoms with Crippen molar-refractivity contribution < 1.29 is 9.53 Å². The Kier molecular flexibility index (Phi) is 4.48. The number of hydrogen-bond acceptors (Lipinski definition) is 2. The highest BCUT2D eigenvalue weighted by molar-refractivity contribution is 6.30. The van der Waals surface area contributed by atoms with E-state index in [-0.39, 0.29) is 17.4 Å². The molecule has 4 heteroatoms. The molecule has 1 aliphatic rings. The van der Waals surface area contributed by atoms with Crippen LogP contribution in [0, 0.1) is 0 Å². The molecule has 1 atom stereocenters. The molecule has 0 radical (unpaired) electrons. The van der Waals surface area contributed by atoms with Crippen molar-refractivity contribution in [2.24, 2.45) is 0 Å². The second-order valence-corrected chi connectivity index (χ2v) is 5.71. The standard InChI is InChI=1S/C15H20ClNO2/c1-11(10-19-2)17-14(18)15(8-3-9-15)12-4-6-13(16)7-5-12/h4-7,11H,3,8-10H2,1-2H3,(H,17,18). The summed E-state index contributed by atoms with van der Waals surface area (Å²) in [6.07, 6.45) is 2.90. The number of nitrogens with one attached hydrogen (secondary N) is 1. The van der Waals surface area contributed by atoms with Crippen LogP contribution in [0.15, 0.2) is 24.3 Å². The first-order valence-corrected chi connectivity index (χ1v) is 7.02. The van der Waals surface area contributed by atoms with Gasteiger partial charge in [0, 0.05) is 18.2 Å². The van der Waals surface area contributed by atoms with Crippen LogP contribution in [-0.2, 0) is 14.9 Å². The zero-order valence-electron chi connectivity index (χ0n) is 11.4. The Morgan fingerprint density at radius 3 is 2.53 bits per heavy atom. The Morgan fingerprint density at radius 1 is 1.42 bits per heavy atom. The van der Waals surface area contributed by atoms with Gasteiger partial charge in [0.25, 0.3) is 0 Å². The van der Waals surface area contributed by atoms with E-state index in [1.165, 1.54) is 0 Å². The van der Waals surface area contributed by atoms with Gasteiger partial charge in [0.05, 0.1) is 12.0 Å². The van der Waals surface area contributed by atoms with Gasteiger partial charge in [-0.05, 0) is 37.5 Å². The van der Waals surface area contributed by atoms with Crippen LogP contribution in [0.2, 0.25) is 5.02 Å². The average Bonchev–Trinajstić information content (AvgIpc) is 2.30. The van der Waals surface area contributed by atoms with Crippen LogP contribution in [0.25, 0.3) is 0 Å². The summed E-state index contributed by atoms with van der Waals surface area (Å²) in [5.41, 5.74) is 0.692. The van der Waals surface area contributed by atoms with Crippen LogP contribution in [0.4, 0.5) is 0 Å². The minimum Gasteiger partial charge on any atom is -0.383 e. The largest absolute Gasteiger partial charge is 0.383 e. The predicted octanol–water partition coefficient (Wildman–Crippen LogP) is 2.91. The molecule has 0 bridgehead atoms. The van der Waals surface area contributed by atoms with E-state index in [2.05, 4.69) is 5.32 Å². The number of benzene rings is 1. The number of methoxy groups -OCH3 is 1. The van der Waals surface area contributed by atoms with E-state index in [0.29, 0.717) is 11.6 Å². The van der Waals surface area contributed by atoms with Gasteiger partial charge in [0.2, 0.25) is 5.91 Å². The van der Waals surface area contributed by atoms with Crippen molar-refractivity contribution in [3.05, 3.63) is 34.9 Å². The zero-order chi connectivity index (χ0) is 13.9. The molecule has 1 unspecified atom stereocenters. The first kappa shape index (κ1) is 14.4. The summed E-state index contributed by atoms with van der Waals surface area (Å²) in [4.78, 5) is 12.5. The monoisotopic (exact) mass is 281 g/mol. The van der Waals surface area contributed by atoms with Gasteiger partial charge in [-0.2, -0.15) is 0 Å². The molecule has 1 aliphatic carbocycles. The van der Waals surface area contributed by atoms with Gasteiger partial charge in [-0.3, -0.25) is 4.79 Å². The number of carbonyl (C=O) groups is 1. The molecule has 0 aromatic heterocycles. The Balaban J connectivity index is 2.13. The van der Waals surface area contributed by atoms with E-state index < -0.39 is 0 Å². The Morgan fingerprint density at radius 2 is 2.05 bits per heavy atom. The van der Waals surface area contributed by atoms with Crippen LogP contribution in [0.3, 0.4) is 0 Å². The molecule has 0 aliphatic heterocycles. The van der Waals surface area contributed by atoms with Crippen LogP contribution in [0.1, 0.15) is 31.7 Å². The molecule has 104 valence electrons. The minimum atomic E-state index is -0.368. The van der Waals surface area contributed by atoms with Gasteiger partial charge in [-0.1, -0.05) is 30.2 Å². The van der Waals surface area contributed by atoms with Crippen molar-refractivity contribution in [3.8, 4) is 0 Å². The molecular formula is C15H20ClNO2. The van der Waals surface area contributed by atoms with Crippen LogP contribution >= 0.6 is 11.6 Å². The van der Waals surface area contributed by atoms with E-state index in [1.807, 2.05) is 31.2 Å². The van der Waals surface area contributed by atoms with Gasteiger partial charge in [0.1, 0.15) is 0 Å². The van der Waals surface area contributed by atoms with E-state index >= 15 is 0 Å². The molecule has 2 rings (SSSR count). The minimum absolute atomic E-state index is 0.0299. The smallest absolute Gasteiger partial charge is 0.230 e. The maximum atomic E-state index is 12.5. The first-order valence-electron chi connectivity index (χ1n) is 6.64. The summed E-state index contributed by atoms with van der Waals surface area (Å²) < 4.78 is 5.06.